The molecule has 8 nitrogen and oxygen atoms in total. The summed E-state index contributed by atoms with van der Waals surface area (Å²) in [5.41, 5.74) is -1.06. The number of hydrogen-bond donors (Lipinski definition) is 1. The molecule has 134 valence electrons. The van der Waals surface area contributed by atoms with Crippen LogP contribution in [0.2, 0.25) is 0 Å². The molecule has 0 aliphatic heterocycles. The summed E-state index contributed by atoms with van der Waals surface area (Å²) >= 11 is -2.91. The highest BCUT2D eigenvalue weighted by Crippen LogP contribution is 2.25. The number of methoxy groups -OCH3 is 2. The van der Waals surface area contributed by atoms with E-state index in [0.29, 0.717) is 0 Å². The summed E-state index contributed by atoms with van der Waals surface area (Å²) in [4.78, 5) is 23.7. The second kappa shape index (κ2) is 7.98. The minimum absolute atomic E-state index is 0.239. The van der Waals surface area contributed by atoms with Crippen molar-refractivity contribution in [3.63, 3.8) is 0 Å². The molecule has 12 heteroatoms. The Bertz CT molecular complexity index is 759. The van der Waals surface area contributed by atoms with Gasteiger partial charge in [0, 0.05) is 0 Å². The van der Waals surface area contributed by atoms with Crippen LogP contribution >= 0.6 is 0 Å². The fourth-order valence-electron chi connectivity index (χ4n) is 1.70. The molecular weight excluding hydrogens is 365 g/mol. The van der Waals surface area contributed by atoms with Crippen molar-refractivity contribution < 1.29 is 32.0 Å². The smallest absolute Gasteiger partial charge is 0.421 e. The standard InChI is InChI=1S/C13H11F3N4O4S/c1-23-12-17-10(18-13(19-12)24-2)9(21)6-4-3-5-7(14)8(6)20-25(22)11(15)16/h3-5,11,20H,1-2H3. The van der Waals surface area contributed by atoms with Gasteiger partial charge in [-0.1, -0.05) is 6.07 Å². The molecule has 1 unspecified atom stereocenters. The topological polar surface area (TPSA) is 109 Å². The van der Waals surface area contributed by atoms with E-state index in [1.807, 2.05) is 0 Å². The Hall–Kier alpha value is -2.60. The van der Waals surface area contributed by atoms with Crippen molar-refractivity contribution in [3.05, 3.63) is 35.4 Å². The lowest BCUT2D eigenvalue weighted by molar-refractivity contribution is 0.102. The first-order valence-corrected chi connectivity index (χ1v) is 7.71. The number of rotatable bonds is 7. The molecule has 0 spiro atoms. The van der Waals surface area contributed by atoms with E-state index < -0.39 is 45.8 Å². The number of halogens is 3. The summed E-state index contributed by atoms with van der Waals surface area (Å²) < 4.78 is 61.5. The highest BCUT2D eigenvalue weighted by Gasteiger charge is 2.27. The van der Waals surface area contributed by atoms with Crippen LogP contribution in [0.3, 0.4) is 0 Å². The molecule has 25 heavy (non-hydrogen) atoms. The van der Waals surface area contributed by atoms with Crippen LogP contribution in [-0.2, 0) is 11.4 Å². The lowest BCUT2D eigenvalue weighted by atomic mass is 10.1. The molecule has 0 saturated heterocycles. The zero-order valence-electron chi connectivity index (χ0n) is 12.8. The number of nitrogens with zero attached hydrogens (tertiary/aromatic N) is 3. The summed E-state index contributed by atoms with van der Waals surface area (Å²) in [5, 5.41) is 0. The van der Waals surface area contributed by atoms with Gasteiger partial charge in [0.15, 0.2) is 5.82 Å². The van der Waals surface area contributed by atoms with Gasteiger partial charge in [0.25, 0.3) is 0 Å². The van der Waals surface area contributed by atoms with Crippen molar-refractivity contribution in [2.75, 3.05) is 18.9 Å². The van der Waals surface area contributed by atoms with E-state index in [-0.39, 0.29) is 12.0 Å². The fraction of sp³-hybridized carbons (Fsp3) is 0.231. The maximum absolute atomic E-state index is 13.9. The van der Waals surface area contributed by atoms with Gasteiger partial charge in [-0.25, -0.2) is 4.39 Å². The fourth-order valence-corrected chi connectivity index (χ4v) is 2.20. The number of anilines is 1. The molecule has 1 N–H and O–H groups in total. The third-order valence-corrected chi connectivity index (χ3v) is 3.51. The Balaban J connectivity index is 2.48. The predicted octanol–water partition coefficient (Wildman–Crippen LogP) is 1.56. The number of nitrogens with one attached hydrogen (secondary N) is 1. The molecule has 1 heterocycles. The molecule has 0 aliphatic rings. The van der Waals surface area contributed by atoms with Crippen LogP contribution in [0.4, 0.5) is 18.9 Å². The summed E-state index contributed by atoms with van der Waals surface area (Å²) in [6.45, 7) is 0. The number of carbonyl (C=O) groups is 1. The lowest BCUT2D eigenvalue weighted by Gasteiger charge is -2.14. The zero-order chi connectivity index (χ0) is 18.6. The van der Waals surface area contributed by atoms with Gasteiger partial charge in [-0.3, -0.25) is 4.79 Å². The van der Waals surface area contributed by atoms with Crippen molar-refractivity contribution in [2.45, 2.75) is 5.76 Å². The Kier molecular flexibility index (Phi) is 5.98. The molecule has 2 rings (SSSR count). The third kappa shape index (κ3) is 4.28. The van der Waals surface area contributed by atoms with Crippen molar-refractivity contribution in [2.24, 2.45) is 0 Å². The van der Waals surface area contributed by atoms with E-state index in [9.17, 15) is 22.5 Å². The van der Waals surface area contributed by atoms with Gasteiger partial charge >= 0.3 is 17.8 Å². The average molecular weight is 376 g/mol. The van der Waals surface area contributed by atoms with E-state index in [1.54, 1.807) is 4.72 Å². The normalized spacial score (nSPS) is 12.0. The van der Waals surface area contributed by atoms with Crippen molar-refractivity contribution in [3.8, 4) is 12.0 Å². The quantitative estimate of drug-likeness (QED) is 0.573. The van der Waals surface area contributed by atoms with Gasteiger partial charge in [-0.15, -0.1) is 4.98 Å². The van der Waals surface area contributed by atoms with Crippen LogP contribution in [0.15, 0.2) is 18.2 Å². The van der Waals surface area contributed by atoms with Gasteiger partial charge in [-0.2, -0.15) is 23.5 Å². The van der Waals surface area contributed by atoms with Gasteiger partial charge in [0.2, 0.25) is 11.6 Å². The summed E-state index contributed by atoms with van der Waals surface area (Å²) in [6, 6.07) is 2.75. The van der Waals surface area contributed by atoms with Crippen LogP contribution in [0.25, 0.3) is 0 Å². The van der Waals surface area contributed by atoms with E-state index in [1.165, 1.54) is 20.3 Å². The van der Waals surface area contributed by atoms with Crippen molar-refractivity contribution in [1.82, 2.24) is 15.0 Å². The van der Waals surface area contributed by atoms with E-state index in [2.05, 4.69) is 15.0 Å². The first kappa shape index (κ1) is 18.7. The number of ether oxygens (including phenoxy) is 2. The molecule has 0 aliphatic carbocycles. The second-order valence-corrected chi connectivity index (χ2v) is 5.44. The highest BCUT2D eigenvalue weighted by molar-refractivity contribution is 7.93. The van der Waals surface area contributed by atoms with Crippen LogP contribution in [0.1, 0.15) is 16.2 Å². The molecule has 0 radical (unpaired) electrons. The Labute approximate surface area is 142 Å². The molecule has 0 saturated carbocycles. The minimum atomic E-state index is -3.28. The van der Waals surface area contributed by atoms with E-state index in [0.717, 1.165) is 12.1 Å². The third-order valence-electron chi connectivity index (χ3n) is 2.79. The summed E-state index contributed by atoms with van der Waals surface area (Å²) in [7, 11) is 2.48. The second-order valence-electron chi connectivity index (χ2n) is 4.28. The van der Waals surface area contributed by atoms with E-state index >= 15 is 0 Å². The monoisotopic (exact) mass is 376 g/mol. The molecule has 1 aromatic heterocycles. The Morgan fingerprint density at radius 2 is 1.80 bits per heavy atom. The van der Waals surface area contributed by atoms with Gasteiger partial charge in [0.05, 0.1) is 19.8 Å². The van der Waals surface area contributed by atoms with Crippen LogP contribution in [-0.4, -0.2) is 45.3 Å². The average Bonchev–Trinajstić information content (AvgIpc) is 2.61. The number of hydrogen-bond acceptors (Lipinski definition) is 8. The predicted molar refractivity (Wildman–Crippen MR) is 80.5 cm³/mol. The minimum Gasteiger partial charge on any atom is -0.588 e. The lowest BCUT2D eigenvalue weighted by Crippen LogP contribution is -2.23. The molecule has 0 bridgehead atoms. The molecule has 1 atom stereocenters. The van der Waals surface area contributed by atoms with Crippen LogP contribution in [0.5, 0.6) is 12.0 Å². The van der Waals surface area contributed by atoms with Gasteiger partial charge in [0.1, 0.15) is 17.0 Å². The first-order chi connectivity index (χ1) is 11.9. The zero-order valence-corrected chi connectivity index (χ0v) is 13.6. The first-order valence-electron chi connectivity index (χ1n) is 6.50. The molecule has 2 aromatic rings. The van der Waals surface area contributed by atoms with Gasteiger partial charge < -0.3 is 14.0 Å². The number of aromatic nitrogens is 3. The SMILES string of the molecule is COc1nc(OC)nc(C(=O)c2cccc(F)c2N[S+]([O-])C(F)F)n1. The largest absolute Gasteiger partial charge is 0.588 e. The maximum Gasteiger partial charge on any atom is 0.421 e. The molecule has 1 aromatic carbocycles. The number of benzene rings is 1. The number of carbonyl (C=O) groups excluding carboxylic acids is 1. The number of alkyl halides is 2. The van der Waals surface area contributed by atoms with Crippen molar-refractivity contribution in [1.29, 1.82) is 0 Å². The van der Waals surface area contributed by atoms with Crippen LogP contribution in [0, 0.1) is 5.82 Å². The molecular formula is C13H11F3N4O4S. The van der Waals surface area contributed by atoms with Crippen LogP contribution < -0.4 is 14.2 Å². The summed E-state index contributed by atoms with van der Waals surface area (Å²) in [6.07, 6.45) is 0. The Morgan fingerprint density at radius 3 is 2.32 bits per heavy atom. The molecule has 0 amide bonds. The van der Waals surface area contributed by atoms with Gasteiger partial charge in [-0.05, 0) is 12.1 Å². The van der Waals surface area contributed by atoms with Crippen molar-refractivity contribution >= 4 is 22.8 Å². The number of ketones is 1. The summed E-state index contributed by atoms with van der Waals surface area (Å²) in [5.74, 6) is -5.74. The Morgan fingerprint density at radius 1 is 1.20 bits per heavy atom. The maximum atomic E-state index is 13.9. The molecule has 0 fully saturated rings. The number of para-hydroxylation sites is 1. The highest BCUT2D eigenvalue weighted by atomic mass is 32.2. The van der Waals surface area contributed by atoms with E-state index in [4.69, 9.17) is 9.47 Å².